The van der Waals surface area contributed by atoms with Gasteiger partial charge in [-0.15, -0.1) is 0 Å². The molecule has 0 atom stereocenters. The summed E-state index contributed by atoms with van der Waals surface area (Å²) >= 11 is 1.72. The lowest BCUT2D eigenvalue weighted by Crippen LogP contribution is -2.33. The van der Waals surface area contributed by atoms with Gasteiger partial charge in [0.15, 0.2) is 4.83 Å². The first-order valence-corrected chi connectivity index (χ1v) is 16.1. The number of rotatable bonds is 7. The molecular weight excluding hydrogens is 526 g/mol. The van der Waals surface area contributed by atoms with E-state index in [0.717, 1.165) is 58.2 Å². The van der Waals surface area contributed by atoms with Gasteiger partial charge in [-0.25, -0.2) is 4.57 Å². The van der Waals surface area contributed by atoms with Crippen LogP contribution in [0.15, 0.2) is 41.6 Å². The van der Waals surface area contributed by atoms with Crippen LogP contribution in [-0.2, 0) is 30.0 Å². The Bertz CT molecular complexity index is 1610. The van der Waals surface area contributed by atoms with Crippen molar-refractivity contribution in [1.82, 2.24) is 9.97 Å². The molecule has 39 heavy (non-hydrogen) atoms. The Labute approximate surface area is 236 Å². The van der Waals surface area contributed by atoms with E-state index < -0.39 is 10.1 Å². The molecule has 0 bridgehead atoms. The third-order valence-electron chi connectivity index (χ3n) is 7.65. The zero-order valence-electron chi connectivity index (χ0n) is 23.9. The third-order valence-corrected chi connectivity index (χ3v) is 10.4. The summed E-state index contributed by atoms with van der Waals surface area (Å²) < 4.78 is 36.9. The molecule has 0 fully saturated rings. The lowest BCUT2D eigenvalue weighted by atomic mass is 9.89. The van der Waals surface area contributed by atoms with Gasteiger partial charge in [-0.2, -0.15) is 8.42 Å². The van der Waals surface area contributed by atoms with Crippen molar-refractivity contribution < 1.29 is 17.2 Å². The highest BCUT2D eigenvalue weighted by atomic mass is 32.2. The minimum absolute atomic E-state index is 0.0115. The molecule has 3 heterocycles. The van der Waals surface area contributed by atoms with Crippen LogP contribution in [0, 0.1) is 0 Å². The van der Waals surface area contributed by atoms with Gasteiger partial charge < -0.3 is 4.18 Å². The average molecular weight is 565 g/mol. The molecule has 5 rings (SSSR count). The summed E-state index contributed by atoms with van der Waals surface area (Å²) in [7, 11) is -2.20. The summed E-state index contributed by atoms with van der Waals surface area (Å²) in [5.74, 6) is 1.13. The van der Waals surface area contributed by atoms with Crippen LogP contribution in [0.25, 0.3) is 21.6 Å². The predicted octanol–water partition coefficient (Wildman–Crippen LogP) is 7.20. The number of aryl methyl sites for hydroxylation is 3. The number of pyridine rings is 1. The van der Waals surface area contributed by atoms with Crippen LogP contribution in [0.1, 0.15) is 99.3 Å². The van der Waals surface area contributed by atoms with E-state index in [9.17, 15) is 8.42 Å². The molecular formula is C31H38N3O3S2+. The molecule has 0 spiro atoms. The molecule has 0 aliphatic heterocycles. The SMILES string of the molecule is CC(C)c1cc(C(C)C)c(S(=O)(=O)Oc2nc(-c3ccncc3)[n+](C)c3sc4c(c23)CCCC4)c(C(C)C)c1. The second-order valence-electron chi connectivity index (χ2n) is 11.5. The fraction of sp³-hybridized carbons (Fsp3) is 0.452. The topological polar surface area (TPSA) is 73.0 Å². The molecule has 0 amide bonds. The highest BCUT2D eigenvalue weighted by Gasteiger charge is 2.35. The van der Waals surface area contributed by atoms with Crippen LogP contribution in [0.3, 0.4) is 0 Å². The molecule has 3 aromatic heterocycles. The van der Waals surface area contributed by atoms with Crippen molar-refractivity contribution in [3.05, 3.63) is 63.8 Å². The van der Waals surface area contributed by atoms with Gasteiger partial charge in [0.2, 0.25) is 0 Å². The van der Waals surface area contributed by atoms with Crippen LogP contribution in [-0.4, -0.2) is 18.4 Å². The maximum atomic E-state index is 14.3. The summed E-state index contributed by atoms with van der Waals surface area (Å²) in [4.78, 5) is 11.6. The third kappa shape index (κ3) is 5.09. The molecule has 1 aromatic carbocycles. The Morgan fingerprint density at radius 3 is 2.13 bits per heavy atom. The molecule has 4 aromatic rings. The predicted molar refractivity (Wildman–Crippen MR) is 157 cm³/mol. The van der Waals surface area contributed by atoms with Gasteiger partial charge in [-0.3, -0.25) is 4.98 Å². The van der Waals surface area contributed by atoms with Gasteiger partial charge >= 0.3 is 21.8 Å². The Kier molecular flexibility index (Phi) is 7.55. The van der Waals surface area contributed by atoms with Gasteiger partial charge in [0.05, 0.1) is 12.6 Å². The van der Waals surface area contributed by atoms with Crippen LogP contribution in [0.5, 0.6) is 5.88 Å². The quantitative estimate of drug-likeness (QED) is 0.175. The summed E-state index contributed by atoms with van der Waals surface area (Å²) in [5.41, 5.74) is 4.77. The number of benzene rings is 1. The molecule has 206 valence electrons. The maximum absolute atomic E-state index is 14.3. The summed E-state index contributed by atoms with van der Waals surface area (Å²) in [6.45, 7) is 12.4. The highest BCUT2D eigenvalue weighted by molar-refractivity contribution is 7.87. The van der Waals surface area contributed by atoms with Crippen LogP contribution >= 0.6 is 11.3 Å². The lowest BCUT2D eigenvalue weighted by Gasteiger charge is -2.22. The Hall–Kier alpha value is -2.84. The van der Waals surface area contributed by atoms with E-state index in [1.54, 1.807) is 23.7 Å². The van der Waals surface area contributed by atoms with E-state index in [0.29, 0.717) is 5.82 Å². The first-order valence-electron chi connectivity index (χ1n) is 13.9. The molecule has 0 N–H and O–H groups in total. The minimum Gasteiger partial charge on any atom is -0.334 e. The molecule has 0 radical (unpaired) electrons. The van der Waals surface area contributed by atoms with Gasteiger partial charge in [0.1, 0.15) is 10.3 Å². The number of fused-ring (bicyclic) bond motifs is 3. The molecule has 1 aliphatic rings. The van der Waals surface area contributed by atoms with Crippen molar-refractivity contribution in [1.29, 1.82) is 0 Å². The summed E-state index contributed by atoms with van der Waals surface area (Å²) in [6, 6.07) is 7.86. The lowest BCUT2D eigenvalue weighted by molar-refractivity contribution is -0.634. The number of thiophene rings is 1. The van der Waals surface area contributed by atoms with Gasteiger partial charge in [0.25, 0.3) is 0 Å². The van der Waals surface area contributed by atoms with Crippen LogP contribution in [0.2, 0.25) is 0 Å². The van der Waals surface area contributed by atoms with Gasteiger partial charge in [-0.1, -0.05) is 65.0 Å². The maximum Gasteiger partial charge on any atom is 0.357 e. The van der Waals surface area contributed by atoms with E-state index in [4.69, 9.17) is 9.17 Å². The number of aromatic nitrogens is 3. The first kappa shape index (κ1) is 27.7. The number of hydrogen-bond donors (Lipinski definition) is 0. The van der Waals surface area contributed by atoms with Crippen molar-refractivity contribution in [2.24, 2.45) is 7.05 Å². The number of hydrogen-bond acceptors (Lipinski definition) is 6. The van der Waals surface area contributed by atoms with Gasteiger partial charge in [-0.05, 0) is 77.8 Å². The smallest absolute Gasteiger partial charge is 0.334 e. The fourth-order valence-corrected chi connectivity index (χ4v) is 8.40. The van der Waals surface area contributed by atoms with Crippen molar-refractivity contribution in [3.8, 4) is 17.3 Å². The molecule has 1 aliphatic carbocycles. The van der Waals surface area contributed by atoms with Crippen molar-refractivity contribution >= 4 is 31.7 Å². The monoisotopic (exact) mass is 564 g/mol. The molecule has 6 nitrogen and oxygen atoms in total. The molecule has 0 saturated heterocycles. The summed E-state index contributed by atoms with van der Waals surface area (Å²) in [5, 5.41) is 0.828. The Morgan fingerprint density at radius 2 is 1.54 bits per heavy atom. The van der Waals surface area contributed by atoms with E-state index >= 15 is 0 Å². The van der Waals surface area contributed by atoms with E-state index in [-0.39, 0.29) is 28.5 Å². The highest BCUT2D eigenvalue weighted by Crippen LogP contribution is 2.42. The van der Waals surface area contributed by atoms with Crippen molar-refractivity contribution in [3.63, 3.8) is 0 Å². The fourth-order valence-electron chi connectivity index (χ4n) is 5.47. The number of nitrogens with zero attached hydrogens (tertiary/aromatic N) is 3. The average Bonchev–Trinajstić information content (AvgIpc) is 3.30. The van der Waals surface area contributed by atoms with Crippen molar-refractivity contribution in [2.45, 2.75) is 89.9 Å². The summed E-state index contributed by atoms with van der Waals surface area (Å²) in [6.07, 6.45) is 7.56. The molecule has 0 unspecified atom stereocenters. The van der Waals surface area contributed by atoms with Crippen LogP contribution in [0.4, 0.5) is 0 Å². The van der Waals surface area contributed by atoms with Crippen molar-refractivity contribution in [2.75, 3.05) is 0 Å². The van der Waals surface area contributed by atoms with E-state index in [1.165, 1.54) is 10.4 Å². The minimum atomic E-state index is -4.19. The Morgan fingerprint density at radius 1 is 0.923 bits per heavy atom. The second kappa shape index (κ2) is 10.6. The first-order chi connectivity index (χ1) is 18.5. The molecule has 0 saturated carbocycles. The standard InChI is InChI=1S/C31H38N3O3S2/c1-18(2)22-16-24(19(3)4)28(25(17-22)20(5)6)39(35,36)37-30-27-23-10-8-9-11-26(23)38-31(27)34(7)29(33-30)21-12-14-32-15-13-21/h12-20H,8-11H2,1-7H3/q+1. The zero-order chi connectivity index (χ0) is 28.1. The van der Waals surface area contributed by atoms with Gasteiger partial charge in [0, 0.05) is 22.3 Å². The normalized spacial score (nSPS) is 14.0. The largest absolute Gasteiger partial charge is 0.357 e. The Balaban J connectivity index is 1.76. The zero-order valence-corrected chi connectivity index (χ0v) is 25.5. The molecule has 8 heteroatoms. The second-order valence-corrected chi connectivity index (χ2v) is 14.0. The van der Waals surface area contributed by atoms with E-state index in [2.05, 4.69) is 23.4 Å². The van der Waals surface area contributed by atoms with E-state index in [1.807, 2.05) is 59.0 Å². The van der Waals surface area contributed by atoms with Crippen LogP contribution < -0.4 is 8.75 Å².